The normalized spacial score (nSPS) is 16.1. The maximum atomic E-state index is 13.5. The van der Waals surface area contributed by atoms with Gasteiger partial charge in [0.1, 0.15) is 5.75 Å². The molecule has 1 N–H and O–H groups in total. The van der Waals surface area contributed by atoms with Crippen LogP contribution >= 0.6 is 0 Å². The Kier molecular flexibility index (Phi) is 5.38. The van der Waals surface area contributed by atoms with E-state index in [0.717, 1.165) is 40.6 Å². The Morgan fingerprint density at radius 1 is 1.07 bits per heavy atom. The van der Waals surface area contributed by atoms with Gasteiger partial charge in [-0.1, -0.05) is 49.6 Å². The Morgan fingerprint density at radius 3 is 2.50 bits per heavy atom. The van der Waals surface area contributed by atoms with Crippen LogP contribution in [0.15, 0.2) is 54.7 Å². The van der Waals surface area contributed by atoms with E-state index in [9.17, 15) is 4.79 Å². The maximum absolute atomic E-state index is 13.5. The molecule has 2 aromatic carbocycles. The van der Waals surface area contributed by atoms with Crippen molar-refractivity contribution in [3.8, 4) is 5.75 Å². The number of nitrogens with zero attached hydrogens (tertiary/aromatic N) is 1. The van der Waals surface area contributed by atoms with Crippen LogP contribution in [-0.2, 0) is 11.8 Å². The molecule has 146 valence electrons. The summed E-state index contributed by atoms with van der Waals surface area (Å²) < 4.78 is 7.41. The van der Waals surface area contributed by atoms with Crippen LogP contribution in [0, 0.1) is 0 Å². The van der Waals surface area contributed by atoms with Crippen molar-refractivity contribution in [2.75, 3.05) is 7.11 Å². The highest BCUT2D eigenvalue weighted by atomic mass is 16.5. The number of para-hydroxylation sites is 1. The van der Waals surface area contributed by atoms with E-state index in [1.54, 1.807) is 7.11 Å². The number of carbonyl (C=O) groups is 1. The molecule has 1 amide bonds. The number of benzene rings is 2. The molecule has 1 aliphatic rings. The highest BCUT2D eigenvalue weighted by Gasteiger charge is 2.28. The number of aryl methyl sites for hydroxylation is 1. The third-order valence-electron chi connectivity index (χ3n) is 5.90. The quantitative estimate of drug-likeness (QED) is 0.697. The third-order valence-corrected chi connectivity index (χ3v) is 5.90. The summed E-state index contributed by atoms with van der Waals surface area (Å²) in [5.41, 5.74) is 3.18. The predicted octanol–water partition coefficient (Wildman–Crippen LogP) is 4.77. The lowest BCUT2D eigenvalue weighted by Crippen LogP contribution is -2.39. The highest BCUT2D eigenvalue weighted by Crippen LogP contribution is 2.33. The Hall–Kier alpha value is -2.75. The molecule has 3 aromatic rings. The molecule has 0 aliphatic heterocycles. The zero-order valence-electron chi connectivity index (χ0n) is 16.7. The summed E-state index contributed by atoms with van der Waals surface area (Å²) in [6.07, 6.45) is 7.93. The minimum atomic E-state index is -0.334. The van der Waals surface area contributed by atoms with Crippen LogP contribution < -0.4 is 10.1 Å². The van der Waals surface area contributed by atoms with Crippen LogP contribution in [-0.4, -0.2) is 23.6 Å². The number of carbonyl (C=O) groups excluding carboxylic acids is 1. The first kappa shape index (κ1) is 18.6. The molecule has 1 saturated carbocycles. The van der Waals surface area contributed by atoms with E-state index in [1.165, 1.54) is 19.3 Å². The van der Waals surface area contributed by atoms with Crippen LogP contribution in [0.2, 0.25) is 0 Å². The summed E-state index contributed by atoms with van der Waals surface area (Å²) >= 11 is 0. The fraction of sp³-hybridized carbons (Fsp3) is 0.375. The van der Waals surface area contributed by atoms with Gasteiger partial charge in [0.2, 0.25) is 5.91 Å². The van der Waals surface area contributed by atoms with Gasteiger partial charge in [0.25, 0.3) is 0 Å². The molecule has 1 aliphatic carbocycles. The number of ether oxygens (including phenoxy) is 1. The molecule has 4 heteroatoms. The Labute approximate surface area is 166 Å². The van der Waals surface area contributed by atoms with E-state index in [-0.39, 0.29) is 17.9 Å². The number of aromatic nitrogens is 1. The first-order chi connectivity index (χ1) is 13.7. The number of amides is 1. The van der Waals surface area contributed by atoms with Crippen molar-refractivity contribution >= 4 is 16.8 Å². The molecule has 1 atom stereocenters. The molecule has 0 radical (unpaired) electrons. The van der Waals surface area contributed by atoms with Gasteiger partial charge in [-0.15, -0.1) is 0 Å². The van der Waals surface area contributed by atoms with Gasteiger partial charge in [-0.3, -0.25) is 4.79 Å². The minimum Gasteiger partial charge on any atom is -0.497 e. The minimum absolute atomic E-state index is 0.0911. The van der Waals surface area contributed by atoms with E-state index in [2.05, 4.69) is 28.2 Å². The lowest BCUT2D eigenvalue weighted by molar-refractivity contribution is -0.122. The highest BCUT2D eigenvalue weighted by molar-refractivity contribution is 5.94. The average Bonchev–Trinajstić information content (AvgIpc) is 3.06. The van der Waals surface area contributed by atoms with E-state index in [0.29, 0.717) is 0 Å². The molecule has 28 heavy (non-hydrogen) atoms. The molecular formula is C24H28N2O2. The maximum Gasteiger partial charge on any atom is 0.232 e. The van der Waals surface area contributed by atoms with E-state index >= 15 is 0 Å². The van der Waals surface area contributed by atoms with E-state index in [4.69, 9.17) is 4.74 Å². The Balaban J connectivity index is 1.74. The standard InChI is InChI=1S/C24H28N2O2/c1-26-16-21(20-10-6-7-11-22(20)26)23(17-12-14-19(28-2)15-13-17)24(27)25-18-8-4-3-5-9-18/h6-7,10-16,18,23H,3-5,8-9H2,1-2H3,(H,25,27). The Morgan fingerprint density at radius 2 is 1.79 bits per heavy atom. The summed E-state index contributed by atoms with van der Waals surface area (Å²) in [5, 5.41) is 4.47. The van der Waals surface area contributed by atoms with Gasteiger partial charge >= 0.3 is 0 Å². The molecule has 4 nitrogen and oxygen atoms in total. The number of fused-ring (bicyclic) bond motifs is 1. The second-order valence-corrected chi connectivity index (χ2v) is 7.76. The number of nitrogens with one attached hydrogen (secondary N) is 1. The largest absolute Gasteiger partial charge is 0.497 e. The van der Waals surface area contributed by atoms with Gasteiger partial charge < -0.3 is 14.6 Å². The van der Waals surface area contributed by atoms with Crippen LogP contribution in [0.25, 0.3) is 10.9 Å². The average molecular weight is 376 g/mol. The van der Waals surface area contributed by atoms with Crippen LogP contribution in [0.3, 0.4) is 0 Å². The monoisotopic (exact) mass is 376 g/mol. The van der Waals surface area contributed by atoms with E-state index < -0.39 is 0 Å². The van der Waals surface area contributed by atoms with Crippen molar-refractivity contribution in [3.63, 3.8) is 0 Å². The SMILES string of the molecule is COc1ccc(C(C(=O)NC2CCCCC2)c2cn(C)c3ccccc23)cc1. The summed E-state index contributed by atoms with van der Waals surface area (Å²) in [4.78, 5) is 13.5. The summed E-state index contributed by atoms with van der Waals surface area (Å²) in [6, 6.07) is 16.4. The van der Waals surface area contributed by atoms with Crippen LogP contribution in [0.5, 0.6) is 5.75 Å². The van der Waals surface area contributed by atoms with Crippen LogP contribution in [0.1, 0.15) is 49.1 Å². The van der Waals surface area contributed by atoms with Crippen molar-refractivity contribution in [1.29, 1.82) is 0 Å². The zero-order chi connectivity index (χ0) is 19.5. The van der Waals surface area contributed by atoms with Gasteiger partial charge in [-0.2, -0.15) is 0 Å². The van der Waals surface area contributed by atoms with Gasteiger partial charge in [-0.05, 0) is 42.2 Å². The van der Waals surface area contributed by atoms with Crippen molar-refractivity contribution in [3.05, 3.63) is 65.9 Å². The number of rotatable bonds is 5. The number of hydrogen-bond acceptors (Lipinski definition) is 2. The van der Waals surface area contributed by atoms with E-state index in [1.807, 2.05) is 43.4 Å². The molecule has 4 rings (SSSR count). The predicted molar refractivity (Wildman–Crippen MR) is 113 cm³/mol. The van der Waals surface area contributed by atoms with Gasteiger partial charge in [-0.25, -0.2) is 0 Å². The fourth-order valence-electron chi connectivity index (χ4n) is 4.40. The molecule has 0 bridgehead atoms. The second kappa shape index (κ2) is 8.09. The lowest BCUT2D eigenvalue weighted by Gasteiger charge is -2.26. The first-order valence-corrected chi connectivity index (χ1v) is 10.2. The van der Waals surface area contributed by atoms with Crippen molar-refractivity contribution in [2.24, 2.45) is 7.05 Å². The van der Waals surface area contributed by atoms with Crippen molar-refractivity contribution in [2.45, 2.75) is 44.1 Å². The molecule has 1 aromatic heterocycles. The van der Waals surface area contributed by atoms with Gasteiger partial charge in [0.05, 0.1) is 13.0 Å². The summed E-state index contributed by atoms with van der Waals surface area (Å²) in [5.74, 6) is 0.556. The smallest absolute Gasteiger partial charge is 0.232 e. The van der Waals surface area contributed by atoms with Gasteiger partial charge in [0, 0.05) is 30.2 Å². The fourth-order valence-corrected chi connectivity index (χ4v) is 4.40. The third kappa shape index (κ3) is 3.64. The Bertz CT molecular complexity index is 952. The molecular weight excluding hydrogens is 348 g/mol. The molecule has 1 heterocycles. The lowest BCUT2D eigenvalue weighted by atomic mass is 9.88. The van der Waals surface area contributed by atoms with Crippen LogP contribution in [0.4, 0.5) is 0 Å². The van der Waals surface area contributed by atoms with Crippen molar-refractivity contribution in [1.82, 2.24) is 9.88 Å². The summed E-state index contributed by atoms with van der Waals surface area (Å²) in [6.45, 7) is 0. The zero-order valence-corrected chi connectivity index (χ0v) is 16.7. The molecule has 1 fully saturated rings. The second-order valence-electron chi connectivity index (χ2n) is 7.76. The molecule has 1 unspecified atom stereocenters. The van der Waals surface area contributed by atoms with Crippen molar-refractivity contribution < 1.29 is 9.53 Å². The topological polar surface area (TPSA) is 43.3 Å². The summed E-state index contributed by atoms with van der Waals surface area (Å²) in [7, 11) is 3.70. The number of methoxy groups -OCH3 is 1. The molecule has 0 spiro atoms. The molecule has 0 saturated heterocycles. The first-order valence-electron chi connectivity index (χ1n) is 10.2. The number of hydrogen-bond donors (Lipinski definition) is 1. The van der Waals surface area contributed by atoms with Gasteiger partial charge in [0.15, 0.2) is 0 Å².